The van der Waals surface area contributed by atoms with Crippen molar-refractivity contribution >= 4 is 34.2 Å². The second-order valence-corrected chi connectivity index (χ2v) is 11.6. The van der Waals surface area contributed by atoms with E-state index in [-0.39, 0.29) is 35.5 Å². The van der Waals surface area contributed by atoms with Gasteiger partial charge in [0, 0.05) is 0 Å². The van der Waals surface area contributed by atoms with Gasteiger partial charge in [-0.1, -0.05) is 13.8 Å². The predicted molar refractivity (Wildman–Crippen MR) is 119 cm³/mol. The van der Waals surface area contributed by atoms with Gasteiger partial charge in [-0.3, -0.25) is 4.79 Å². The Morgan fingerprint density at radius 2 is 1.55 bits per heavy atom. The normalized spacial score (nSPS) is 33.3. The molecule has 4 bridgehead atoms. The molecule has 4 fully saturated rings. The van der Waals surface area contributed by atoms with Crippen LogP contribution >= 0.6 is 11.3 Å². The van der Waals surface area contributed by atoms with Crippen LogP contribution in [0.25, 0.3) is 0 Å². The smallest absolute Gasteiger partial charge is 0.348 e. The molecule has 1 aromatic rings. The third-order valence-electron chi connectivity index (χ3n) is 7.42. The Bertz CT molecular complexity index is 917. The van der Waals surface area contributed by atoms with Gasteiger partial charge in [0.1, 0.15) is 9.88 Å². The SMILES string of the molecule is CCOC(=O)c1sc(NC(=O)C23CC4C[C@@](C)(C2)C[C@](C)(C4)C3)c(C(=O)OCC)c1C. The number of hydrogen-bond donors (Lipinski definition) is 1. The molecule has 0 saturated heterocycles. The molecular weight excluding hydrogens is 414 g/mol. The van der Waals surface area contributed by atoms with Crippen molar-refractivity contribution in [2.24, 2.45) is 22.2 Å². The lowest BCUT2D eigenvalue weighted by Gasteiger charge is -2.64. The molecule has 31 heavy (non-hydrogen) atoms. The van der Waals surface area contributed by atoms with E-state index in [1.54, 1.807) is 20.8 Å². The summed E-state index contributed by atoms with van der Waals surface area (Å²) < 4.78 is 10.4. The van der Waals surface area contributed by atoms with Gasteiger partial charge in [-0.15, -0.1) is 11.3 Å². The van der Waals surface area contributed by atoms with E-state index < -0.39 is 17.4 Å². The largest absolute Gasteiger partial charge is 0.462 e. The Morgan fingerprint density at radius 3 is 2.10 bits per heavy atom. The van der Waals surface area contributed by atoms with Gasteiger partial charge in [0.25, 0.3) is 0 Å². The Balaban J connectivity index is 1.67. The summed E-state index contributed by atoms with van der Waals surface area (Å²) in [6, 6.07) is 0. The first-order chi connectivity index (χ1) is 14.5. The summed E-state index contributed by atoms with van der Waals surface area (Å²) in [5.74, 6) is -0.435. The fourth-order valence-electron chi connectivity index (χ4n) is 7.38. The van der Waals surface area contributed by atoms with Crippen molar-refractivity contribution in [1.29, 1.82) is 0 Å². The number of hydrogen-bond acceptors (Lipinski definition) is 6. The van der Waals surface area contributed by atoms with Crippen molar-refractivity contribution in [1.82, 2.24) is 0 Å². The molecule has 4 atom stereocenters. The summed E-state index contributed by atoms with van der Waals surface area (Å²) in [6.07, 6.45) is 6.29. The molecule has 5 rings (SSSR count). The number of rotatable bonds is 6. The highest BCUT2D eigenvalue weighted by molar-refractivity contribution is 7.18. The minimum Gasteiger partial charge on any atom is -0.462 e. The lowest BCUT2D eigenvalue weighted by molar-refractivity contribution is -0.165. The van der Waals surface area contributed by atoms with E-state index in [2.05, 4.69) is 19.2 Å². The lowest BCUT2D eigenvalue weighted by atomic mass is 9.40. The van der Waals surface area contributed by atoms with Crippen LogP contribution in [0.2, 0.25) is 0 Å². The van der Waals surface area contributed by atoms with Crippen LogP contribution in [-0.2, 0) is 14.3 Å². The fraction of sp³-hybridized carbons (Fsp3) is 0.708. The summed E-state index contributed by atoms with van der Waals surface area (Å²) in [5.41, 5.74) is 0.775. The molecule has 6 nitrogen and oxygen atoms in total. The van der Waals surface area contributed by atoms with Crippen LogP contribution < -0.4 is 5.32 Å². The van der Waals surface area contributed by atoms with Crippen LogP contribution in [0.15, 0.2) is 0 Å². The van der Waals surface area contributed by atoms with E-state index in [0.717, 1.165) is 30.6 Å². The molecular formula is C24H33NO5S. The molecule has 4 aliphatic carbocycles. The highest BCUT2D eigenvalue weighted by atomic mass is 32.1. The molecule has 0 radical (unpaired) electrons. The van der Waals surface area contributed by atoms with Crippen molar-refractivity contribution in [2.75, 3.05) is 18.5 Å². The molecule has 4 saturated carbocycles. The van der Waals surface area contributed by atoms with E-state index in [1.165, 1.54) is 19.3 Å². The molecule has 1 N–H and O–H groups in total. The van der Waals surface area contributed by atoms with Gasteiger partial charge < -0.3 is 14.8 Å². The third kappa shape index (κ3) is 3.79. The van der Waals surface area contributed by atoms with Crippen molar-refractivity contribution in [3.05, 3.63) is 16.0 Å². The summed E-state index contributed by atoms with van der Waals surface area (Å²) in [5, 5.41) is 3.47. The van der Waals surface area contributed by atoms with Gasteiger partial charge in [0.15, 0.2) is 0 Å². The predicted octanol–water partition coefficient (Wildman–Crippen LogP) is 5.35. The number of nitrogens with one attached hydrogen (secondary N) is 1. The monoisotopic (exact) mass is 447 g/mol. The van der Waals surface area contributed by atoms with Gasteiger partial charge in [-0.05, 0) is 81.6 Å². The fourth-order valence-corrected chi connectivity index (χ4v) is 8.46. The summed E-state index contributed by atoms with van der Waals surface area (Å²) in [6.45, 7) is 10.3. The minimum atomic E-state index is -0.522. The van der Waals surface area contributed by atoms with Crippen LogP contribution in [0.4, 0.5) is 5.00 Å². The Labute approximate surface area is 188 Å². The molecule has 1 amide bonds. The zero-order valence-corrected chi connectivity index (χ0v) is 20.0. The molecule has 0 aliphatic heterocycles. The van der Waals surface area contributed by atoms with Crippen molar-refractivity contribution in [3.63, 3.8) is 0 Å². The first-order valence-electron chi connectivity index (χ1n) is 11.3. The maximum absolute atomic E-state index is 13.7. The number of carbonyl (C=O) groups excluding carboxylic acids is 3. The molecule has 1 heterocycles. The van der Waals surface area contributed by atoms with Crippen molar-refractivity contribution < 1.29 is 23.9 Å². The van der Waals surface area contributed by atoms with Crippen LogP contribution in [0.5, 0.6) is 0 Å². The minimum absolute atomic E-state index is 0.0174. The van der Waals surface area contributed by atoms with Crippen LogP contribution in [-0.4, -0.2) is 31.1 Å². The first-order valence-corrected chi connectivity index (χ1v) is 12.1. The standard InChI is InChI=1S/C24H33NO5S/c1-6-29-19(26)16-14(3)17(20(27)30-7-2)31-18(16)25-21(28)24-10-15-8-22(4,12-24)11-23(5,9-15)13-24/h15H,6-13H2,1-5H3,(H,25,28)/t15?,22-,23+,24?. The van der Waals surface area contributed by atoms with Crippen molar-refractivity contribution in [2.45, 2.75) is 73.1 Å². The van der Waals surface area contributed by atoms with E-state index in [1.807, 2.05) is 0 Å². The van der Waals surface area contributed by atoms with Crippen LogP contribution in [0.1, 0.15) is 91.8 Å². The zero-order valence-electron chi connectivity index (χ0n) is 19.2. The lowest BCUT2D eigenvalue weighted by Crippen LogP contribution is -2.58. The number of ether oxygens (including phenoxy) is 2. The highest BCUT2D eigenvalue weighted by Gasteiger charge is 2.62. The molecule has 2 unspecified atom stereocenters. The average molecular weight is 448 g/mol. The number of amides is 1. The van der Waals surface area contributed by atoms with E-state index in [0.29, 0.717) is 21.4 Å². The number of esters is 2. The van der Waals surface area contributed by atoms with Gasteiger partial charge in [0.05, 0.1) is 24.2 Å². The summed E-state index contributed by atoms with van der Waals surface area (Å²) in [4.78, 5) is 39.2. The van der Waals surface area contributed by atoms with Gasteiger partial charge in [-0.2, -0.15) is 0 Å². The Morgan fingerprint density at radius 1 is 0.968 bits per heavy atom. The Kier molecular flexibility index (Phi) is 5.48. The second kappa shape index (κ2) is 7.61. The molecule has 7 heteroatoms. The van der Waals surface area contributed by atoms with Crippen molar-refractivity contribution in [3.8, 4) is 0 Å². The maximum Gasteiger partial charge on any atom is 0.348 e. The van der Waals surface area contributed by atoms with E-state index in [9.17, 15) is 14.4 Å². The summed E-state index contributed by atoms with van der Waals surface area (Å²) >= 11 is 1.11. The van der Waals surface area contributed by atoms with Crippen LogP contribution in [0, 0.1) is 29.1 Å². The summed E-state index contributed by atoms with van der Waals surface area (Å²) in [7, 11) is 0. The molecule has 170 valence electrons. The molecule has 0 spiro atoms. The number of thiophene rings is 1. The van der Waals surface area contributed by atoms with Crippen LogP contribution in [0.3, 0.4) is 0 Å². The quantitative estimate of drug-likeness (QED) is 0.595. The number of anilines is 1. The topological polar surface area (TPSA) is 81.7 Å². The maximum atomic E-state index is 13.7. The Hall–Kier alpha value is -1.89. The van der Waals surface area contributed by atoms with E-state index in [4.69, 9.17) is 9.47 Å². The van der Waals surface area contributed by atoms with Gasteiger partial charge in [-0.25, -0.2) is 9.59 Å². The number of carbonyl (C=O) groups is 3. The van der Waals surface area contributed by atoms with E-state index >= 15 is 0 Å². The molecule has 4 aliphatic rings. The molecule has 0 aromatic carbocycles. The molecule has 1 aromatic heterocycles. The average Bonchev–Trinajstić information content (AvgIpc) is 2.95. The third-order valence-corrected chi connectivity index (χ3v) is 8.61. The highest BCUT2D eigenvalue weighted by Crippen LogP contribution is 2.69. The van der Waals surface area contributed by atoms with Gasteiger partial charge >= 0.3 is 11.9 Å². The second-order valence-electron chi connectivity index (χ2n) is 10.6. The first kappa shape index (κ1) is 22.3. The van der Waals surface area contributed by atoms with Gasteiger partial charge in [0.2, 0.25) is 5.91 Å². The zero-order chi connectivity index (χ0) is 22.6.